The summed E-state index contributed by atoms with van der Waals surface area (Å²) in [7, 11) is 3.63. The van der Waals surface area contributed by atoms with Gasteiger partial charge in [0.2, 0.25) is 0 Å². The van der Waals surface area contributed by atoms with E-state index in [2.05, 4.69) is 17.0 Å². The van der Waals surface area contributed by atoms with Crippen LogP contribution >= 0.6 is 11.6 Å². The van der Waals surface area contributed by atoms with E-state index in [0.717, 1.165) is 22.5 Å². The van der Waals surface area contributed by atoms with Crippen molar-refractivity contribution in [1.29, 1.82) is 0 Å². The lowest BCUT2D eigenvalue weighted by Crippen LogP contribution is -2.21. The van der Waals surface area contributed by atoms with Gasteiger partial charge in [-0.2, -0.15) is 5.10 Å². The first-order valence-electron chi connectivity index (χ1n) is 8.24. The standard InChI is InChI=1S/C20H21ClN4O/c1-5-18-17(12-25(4)23-18)19(14-6-8-15(21)9-7-14)22-16-10-13(2)20(26)24(3)11-16/h5-12,19,22H,1H2,2-4H3. The molecular weight excluding hydrogens is 348 g/mol. The maximum absolute atomic E-state index is 12.0. The minimum absolute atomic E-state index is 0.00764. The first-order valence-corrected chi connectivity index (χ1v) is 8.62. The van der Waals surface area contributed by atoms with E-state index >= 15 is 0 Å². The highest BCUT2D eigenvalue weighted by Crippen LogP contribution is 2.30. The number of rotatable bonds is 5. The normalized spacial score (nSPS) is 12.0. The summed E-state index contributed by atoms with van der Waals surface area (Å²) in [5.74, 6) is 0. The van der Waals surface area contributed by atoms with Crippen molar-refractivity contribution >= 4 is 23.4 Å². The molecule has 0 aliphatic carbocycles. The van der Waals surface area contributed by atoms with Crippen LogP contribution in [0.25, 0.3) is 6.08 Å². The van der Waals surface area contributed by atoms with Crippen molar-refractivity contribution < 1.29 is 0 Å². The molecule has 3 aromatic rings. The smallest absolute Gasteiger partial charge is 0.253 e. The summed E-state index contributed by atoms with van der Waals surface area (Å²) in [6.07, 6.45) is 5.51. The maximum Gasteiger partial charge on any atom is 0.253 e. The second-order valence-corrected chi connectivity index (χ2v) is 6.74. The minimum atomic E-state index is -0.161. The molecule has 134 valence electrons. The minimum Gasteiger partial charge on any atom is -0.373 e. The molecule has 1 aromatic carbocycles. The Balaban J connectivity index is 2.10. The van der Waals surface area contributed by atoms with Crippen LogP contribution < -0.4 is 10.9 Å². The van der Waals surface area contributed by atoms with Crippen LogP contribution in [0.4, 0.5) is 5.69 Å². The number of hydrogen-bond donors (Lipinski definition) is 1. The summed E-state index contributed by atoms with van der Waals surface area (Å²) in [5, 5.41) is 8.67. The number of halogens is 1. The Morgan fingerprint density at radius 3 is 2.54 bits per heavy atom. The van der Waals surface area contributed by atoms with Crippen molar-refractivity contribution in [3.8, 4) is 0 Å². The van der Waals surface area contributed by atoms with E-state index in [1.807, 2.05) is 50.5 Å². The zero-order valence-corrected chi connectivity index (χ0v) is 15.8. The van der Waals surface area contributed by atoms with Crippen LogP contribution in [0.3, 0.4) is 0 Å². The van der Waals surface area contributed by atoms with E-state index < -0.39 is 0 Å². The summed E-state index contributed by atoms with van der Waals surface area (Å²) in [6.45, 7) is 5.68. The van der Waals surface area contributed by atoms with Gasteiger partial charge >= 0.3 is 0 Å². The number of benzene rings is 1. The van der Waals surface area contributed by atoms with Crippen molar-refractivity contribution in [2.24, 2.45) is 14.1 Å². The lowest BCUT2D eigenvalue weighted by molar-refractivity contribution is 0.763. The molecule has 0 saturated heterocycles. The molecular formula is C20H21ClN4O. The van der Waals surface area contributed by atoms with Gasteiger partial charge in [-0.15, -0.1) is 0 Å². The van der Waals surface area contributed by atoms with E-state index in [9.17, 15) is 4.79 Å². The van der Waals surface area contributed by atoms with Gasteiger partial charge in [0, 0.05) is 42.6 Å². The Kier molecular flexibility index (Phi) is 5.00. The van der Waals surface area contributed by atoms with Gasteiger partial charge in [0.1, 0.15) is 0 Å². The zero-order chi connectivity index (χ0) is 18.8. The van der Waals surface area contributed by atoms with E-state index in [1.54, 1.807) is 28.6 Å². The molecule has 0 bridgehead atoms. The second kappa shape index (κ2) is 7.22. The van der Waals surface area contributed by atoms with Crippen LogP contribution in [0.5, 0.6) is 0 Å². The highest BCUT2D eigenvalue weighted by atomic mass is 35.5. The molecule has 2 heterocycles. The first-order chi connectivity index (χ1) is 12.4. The van der Waals surface area contributed by atoms with Gasteiger partial charge in [-0.25, -0.2) is 0 Å². The fraction of sp³-hybridized carbons (Fsp3) is 0.200. The van der Waals surface area contributed by atoms with Crippen molar-refractivity contribution in [3.05, 3.63) is 87.1 Å². The van der Waals surface area contributed by atoms with Crippen LogP contribution in [0.15, 0.2) is 54.1 Å². The first kappa shape index (κ1) is 18.0. The monoisotopic (exact) mass is 368 g/mol. The number of nitrogens with zero attached hydrogens (tertiary/aromatic N) is 3. The predicted molar refractivity (Wildman–Crippen MR) is 107 cm³/mol. The third kappa shape index (κ3) is 3.58. The van der Waals surface area contributed by atoms with Crippen molar-refractivity contribution in [1.82, 2.24) is 14.3 Å². The van der Waals surface area contributed by atoms with Crippen molar-refractivity contribution in [2.45, 2.75) is 13.0 Å². The van der Waals surface area contributed by atoms with Crippen LogP contribution in [-0.4, -0.2) is 14.3 Å². The molecule has 0 fully saturated rings. The Morgan fingerprint density at radius 2 is 1.92 bits per heavy atom. The van der Waals surface area contributed by atoms with Crippen LogP contribution in [0.2, 0.25) is 5.02 Å². The van der Waals surface area contributed by atoms with Crippen LogP contribution in [-0.2, 0) is 14.1 Å². The molecule has 2 aromatic heterocycles. The SMILES string of the molecule is C=Cc1nn(C)cc1C(Nc1cc(C)c(=O)n(C)c1)c1ccc(Cl)cc1. The highest BCUT2D eigenvalue weighted by Gasteiger charge is 2.20. The van der Waals surface area contributed by atoms with Gasteiger partial charge in [-0.3, -0.25) is 9.48 Å². The molecule has 1 atom stereocenters. The third-order valence-corrected chi connectivity index (χ3v) is 4.52. The van der Waals surface area contributed by atoms with Gasteiger partial charge in [0.05, 0.1) is 17.4 Å². The predicted octanol–water partition coefficient (Wildman–Crippen LogP) is 3.93. The Morgan fingerprint density at radius 1 is 1.23 bits per heavy atom. The average molecular weight is 369 g/mol. The Hall–Kier alpha value is -2.79. The van der Waals surface area contributed by atoms with Gasteiger partial charge in [-0.1, -0.05) is 30.3 Å². The number of hydrogen-bond acceptors (Lipinski definition) is 3. The molecule has 6 heteroatoms. The van der Waals surface area contributed by atoms with Gasteiger partial charge in [-0.05, 0) is 36.8 Å². The molecule has 0 spiro atoms. The number of nitrogens with one attached hydrogen (secondary N) is 1. The zero-order valence-electron chi connectivity index (χ0n) is 15.0. The molecule has 0 aliphatic rings. The third-order valence-electron chi connectivity index (χ3n) is 4.27. The van der Waals surface area contributed by atoms with Crippen LogP contribution in [0.1, 0.15) is 28.4 Å². The van der Waals surface area contributed by atoms with Gasteiger partial charge < -0.3 is 9.88 Å². The van der Waals surface area contributed by atoms with Crippen molar-refractivity contribution in [2.75, 3.05) is 5.32 Å². The number of aryl methyl sites for hydroxylation is 3. The van der Waals surface area contributed by atoms with Gasteiger partial charge in [0.15, 0.2) is 0 Å². The van der Waals surface area contributed by atoms with E-state index in [-0.39, 0.29) is 11.6 Å². The van der Waals surface area contributed by atoms with E-state index in [0.29, 0.717) is 10.6 Å². The Bertz CT molecular complexity index is 975. The summed E-state index contributed by atoms with van der Waals surface area (Å²) >= 11 is 6.05. The molecule has 0 amide bonds. The lowest BCUT2D eigenvalue weighted by atomic mass is 9.98. The Labute approximate surface area is 157 Å². The highest BCUT2D eigenvalue weighted by molar-refractivity contribution is 6.30. The quantitative estimate of drug-likeness (QED) is 0.742. The molecule has 26 heavy (non-hydrogen) atoms. The topological polar surface area (TPSA) is 51.9 Å². The maximum atomic E-state index is 12.0. The molecule has 0 radical (unpaired) electrons. The summed E-state index contributed by atoms with van der Waals surface area (Å²) in [6, 6.07) is 9.38. The number of aromatic nitrogens is 3. The fourth-order valence-corrected chi connectivity index (χ4v) is 3.15. The average Bonchev–Trinajstić information content (AvgIpc) is 2.99. The molecule has 5 nitrogen and oxygen atoms in total. The van der Waals surface area contributed by atoms with Gasteiger partial charge in [0.25, 0.3) is 5.56 Å². The fourth-order valence-electron chi connectivity index (χ4n) is 3.02. The number of anilines is 1. The van der Waals surface area contributed by atoms with E-state index in [1.165, 1.54) is 0 Å². The largest absolute Gasteiger partial charge is 0.373 e. The summed E-state index contributed by atoms with van der Waals surface area (Å²) in [5.41, 5.74) is 4.37. The second-order valence-electron chi connectivity index (χ2n) is 6.30. The lowest BCUT2D eigenvalue weighted by Gasteiger charge is -2.21. The molecule has 0 aliphatic heterocycles. The summed E-state index contributed by atoms with van der Waals surface area (Å²) < 4.78 is 3.34. The molecule has 0 saturated carbocycles. The molecule has 3 rings (SSSR count). The summed E-state index contributed by atoms with van der Waals surface area (Å²) in [4.78, 5) is 12.0. The molecule has 1 N–H and O–H groups in total. The number of pyridine rings is 1. The van der Waals surface area contributed by atoms with Crippen LogP contribution in [0, 0.1) is 6.92 Å². The molecule has 1 unspecified atom stereocenters. The van der Waals surface area contributed by atoms with Crippen molar-refractivity contribution in [3.63, 3.8) is 0 Å². The van der Waals surface area contributed by atoms with E-state index in [4.69, 9.17) is 11.6 Å².